The van der Waals surface area contributed by atoms with Crippen molar-refractivity contribution in [3.05, 3.63) is 21.9 Å². The van der Waals surface area contributed by atoms with Gasteiger partial charge < -0.3 is 10.1 Å². The minimum Gasteiger partial charge on any atom is -0.372 e. The lowest BCUT2D eigenvalue weighted by atomic mass is 9.98. The summed E-state index contributed by atoms with van der Waals surface area (Å²) >= 11 is 1.91. The third-order valence-corrected chi connectivity index (χ3v) is 4.71. The Bertz CT molecular complexity index is 380. The summed E-state index contributed by atoms with van der Waals surface area (Å²) in [7, 11) is 0. The molecule has 0 aliphatic carbocycles. The summed E-state index contributed by atoms with van der Waals surface area (Å²) in [6, 6.07) is 4.50. The molecule has 1 N–H and O–H groups in total. The number of nitrogens with one attached hydrogen (secondary N) is 1. The topological polar surface area (TPSA) is 21.3 Å². The zero-order chi connectivity index (χ0) is 13.2. The lowest BCUT2D eigenvalue weighted by molar-refractivity contribution is 0.0918. The van der Waals surface area contributed by atoms with Crippen LogP contribution in [0.2, 0.25) is 0 Å². The first-order chi connectivity index (χ1) is 8.49. The van der Waals surface area contributed by atoms with Crippen LogP contribution >= 0.6 is 11.3 Å². The van der Waals surface area contributed by atoms with E-state index in [2.05, 4.69) is 45.1 Å². The van der Waals surface area contributed by atoms with E-state index in [0.717, 1.165) is 19.6 Å². The molecule has 1 aromatic heterocycles. The maximum absolute atomic E-state index is 5.95. The Hall–Kier alpha value is -0.380. The van der Waals surface area contributed by atoms with Crippen molar-refractivity contribution >= 4 is 11.3 Å². The van der Waals surface area contributed by atoms with Crippen molar-refractivity contribution in [2.24, 2.45) is 5.92 Å². The molecular weight excluding hydrogens is 242 g/mol. The minimum absolute atomic E-state index is 0.192. The highest BCUT2D eigenvalue weighted by Crippen LogP contribution is 2.37. The van der Waals surface area contributed by atoms with E-state index in [-0.39, 0.29) is 5.54 Å². The van der Waals surface area contributed by atoms with Gasteiger partial charge in [0.15, 0.2) is 0 Å². The molecule has 2 heterocycles. The van der Waals surface area contributed by atoms with Gasteiger partial charge in [-0.15, -0.1) is 11.3 Å². The van der Waals surface area contributed by atoms with Crippen molar-refractivity contribution in [1.29, 1.82) is 0 Å². The molecule has 2 atom stereocenters. The second kappa shape index (κ2) is 5.72. The molecule has 0 amide bonds. The Morgan fingerprint density at radius 3 is 2.78 bits per heavy atom. The molecule has 0 spiro atoms. The fourth-order valence-electron chi connectivity index (χ4n) is 2.33. The average Bonchev–Trinajstić information content (AvgIpc) is 2.93. The summed E-state index contributed by atoms with van der Waals surface area (Å²) in [6.45, 7) is 10.8. The van der Waals surface area contributed by atoms with Gasteiger partial charge in [-0.2, -0.15) is 0 Å². The molecule has 102 valence electrons. The van der Waals surface area contributed by atoms with Gasteiger partial charge in [-0.25, -0.2) is 0 Å². The van der Waals surface area contributed by atoms with Gasteiger partial charge in [0.25, 0.3) is 0 Å². The van der Waals surface area contributed by atoms with Crippen LogP contribution < -0.4 is 5.32 Å². The number of rotatable bonds is 4. The molecule has 3 heteroatoms. The predicted octanol–water partition coefficient (Wildman–Crippen LogP) is 3.78. The first-order valence-corrected chi connectivity index (χ1v) is 7.76. The summed E-state index contributed by atoms with van der Waals surface area (Å²) in [6.07, 6.45) is 2.61. The van der Waals surface area contributed by atoms with Gasteiger partial charge in [0.05, 0.1) is 6.10 Å². The Morgan fingerprint density at radius 2 is 2.17 bits per heavy atom. The van der Waals surface area contributed by atoms with Crippen LogP contribution in [0.3, 0.4) is 0 Å². The molecule has 0 bridgehead atoms. The van der Waals surface area contributed by atoms with Crippen LogP contribution in [0.25, 0.3) is 0 Å². The highest BCUT2D eigenvalue weighted by molar-refractivity contribution is 7.12. The molecule has 1 fully saturated rings. The highest BCUT2D eigenvalue weighted by Gasteiger charge is 2.31. The van der Waals surface area contributed by atoms with Crippen molar-refractivity contribution in [3.63, 3.8) is 0 Å². The van der Waals surface area contributed by atoms with Gasteiger partial charge in [-0.3, -0.25) is 0 Å². The number of thiophene rings is 1. The van der Waals surface area contributed by atoms with Crippen LogP contribution in [0, 0.1) is 5.92 Å². The molecule has 0 aromatic carbocycles. The van der Waals surface area contributed by atoms with Crippen molar-refractivity contribution < 1.29 is 4.74 Å². The summed E-state index contributed by atoms with van der Waals surface area (Å²) in [5.41, 5.74) is 0.192. The second-order valence-electron chi connectivity index (χ2n) is 6.13. The molecule has 1 aliphatic heterocycles. The molecular formula is C15H25NOS. The smallest absolute Gasteiger partial charge is 0.0957 e. The second-order valence-corrected chi connectivity index (χ2v) is 7.33. The first-order valence-electron chi connectivity index (χ1n) is 6.95. The molecule has 2 nitrogen and oxygen atoms in total. The van der Waals surface area contributed by atoms with Crippen molar-refractivity contribution in [2.75, 3.05) is 13.2 Å². The maximum atomic E-state index is 5.95. The molecule has 0 radical (unpaired) electrons. The zero-order valence-corrected chi connectivity index (χ0v) is 12.8. The number of ether oxygens (including phenoxy) is 1. The van der Waals surface area contributed by atoms with Crippen molar-refractivity contribution in [2.45, 2.75) is 52.2 Å². The van der Waals surface area contributed by atoms with Crippen molar-refractivity contribution in [1.82, 2.24) is 5.32 Å². The third-order valence-electron chi connectivity index (χ3n) is 3.42. The monoisotopic (exact) mass is 267 g/mol. The van der Waals surface area contributed by atoms with Crippen molar-refractivity contribution in [3.8, 4) is 0 Å². The summed E-state index contributed by atoms with van der Waals surface area (Å²) in [4.78, 5) is 2.87. The standard InChI is InChI=1S/C15H25NOS/c1-5-12-6-7-13(18-12)14-11(8-9-17-14)10-16-15(2,3)4/h6-7,11,14,16H,5,8-10H2,1-4H3. The first kappa shape index (κ1) is 14.0. The SMILES string of the molecule is CCc1ccc(C2OCCC2CNC(C)(C)C)s1. The summed E-state index contributed by atoms with van der Waals surface area (Å²) in [5.74, 6) is 0.618. The van der Waals surface area contributed by atoms with E-state index < -0.39 is 0 Å². The largest absolute Gasteiger partial charge is 0.372 e. The van der Waals surface area contributed by atoms with Gasteiger partial charge in [0.2, 0.25) is 0 Å². The third kappa shape index (κ3) is 3.56. The maximum Gasteiger partial charge on any atom is 0.0957 e. The van der Waals surface area contributed by atoms with Crippen LogP contribution in [-0.4, -0.2) is 18.7 Å². The Labute approximate surface area is 115 Å². The Morgan fingerprint density at radius 1 is 1.39 bits per heavy atom. The number of aryl methyl sites for hydroxylation is 1. The van der Waals surface area contributed by atoms with E-state index in [1.807, 2.05) is 11.3 Å². The van der Waals surface area contributed by atoms with E-state index in [4.69, 9.17) is 4.74 Å². The molecule has 18 heavy (non-hydrogen) atoms. The van der Waals surface area contributed by atoms with E-state index in [9.17, 15) is 0 Å². The average molecular weight is 267 g/mol. The number of hydrogen-bond donors (Lipinski definition) is 1. The summed E-state index contributed by atoms with van der Waals surface area (Å²) in [5, 5.41) is 3.61. The van der Waals surface area contributed by atoms with Gasteiger partial charge in [0.1, 0.15) is 0 Å². The Kier molecular flexibility index (Phi) is 4.46. The highest BCUT2D eigenvalue weighted by atomic mass is 32.1. The van der Waals surface area contributed by atoms with E-state index in [1.165, 1.54) is 16.2 Å². The minimum atomic E-state index is 0.192. The fourth-order valence-corrected chi connectivity index (χ4v) is 3.43. The molecule has 1 saturated heterocycles. The van der Waals surface area contributed by atoms with Gasteiger partial charge in [0, 0.05) is 34.4 Å². The lowest BCUT2D eigenvalue weighted by Gasteiger charge is -2.25. The van der Waals surface area contributed by atoms with Crippen LogP contribution in [0.4, 0.5) is 0 Å². The van der Waals surface area contributed by atoms with Gasteiger partial charge in [-0.05, 0) is 45.7 Å². The normalized spacial score (nSPS) is 24.7. The van der Waals surface area contributed by atoms with E-state index in [1.54, 1.807) is 0 Å². The van der Waals surface area contributed by atoms with E-state index in [0.29, 0.717) is 12.0 Å². The Balaban J connectivity index is 1.98. The zero-order valence-electron chi connectivity index (χ0n) is 12.0. The van der Waals surface area contributed by atoms with Crippen LogP contribution in [-0.2, 0) is 11.2 Å². The summed E-state index contributed by atoms with van der Waals surface area (Å²) < 4.78 is 5.95. The molecule has 1 aliphatic rings. The van der Waals surface area contributed by atoms with E-state index >= 15 is 0 Å². The lowest BCUT2D eigenvalue weighted by Crippen LogP contribution is -2.39. The molecule has 0 saturated carbocycles. The fraction of sp³-hybridized carbons (Fsp3) is 0.733. The van der Waals surface area contributed by atoms with Crippen LogP contribution in [0.5, 0.6) is 0 Å². The van der Waals surface area contributed by atoms with Gasteiger partial charge in [-0.1, -0.05) is 6.92 Å². The molecule has 2 rings (SSSR count). The predicted molar refractivity (Wildman–Crippen MR) is 78.3 cm³/mol. The molecule has 2 unspecified atom stereocenters. The molecule has 1 aromatic rings. The van der Waals surface area contributed by atoms with Crippen LogP contribution in [0.15, 0.2) is 12.1 Å². The van der Waals surface area contributed by atoms with Gasteiger partial charge >= 0.3 is 0 Å². The number of hydrogen-bond acceptors (Lipinski definition) is 3. The van der Waals surface area contributed by atoms with Crippen LogP contribution in [0.1, 0.15) is 50.0 Å². The quantitative estimate of drug-likeness (QED) is 0.896.